The van der Waals surface area contributed by atoms with Crippen LogP contribution in [0.1, 0.15) is 20.3 Å². The van der Waals surface area contributed by atoms with Gasteiger partial charge in [-0.1, -0.05) is 0 Å². The topological polar surface area (TPSA) is 58.4 Å². The van der Waals surface area contributed by atoms with Crippen molar-refractivity contribution in [3.63, 3.8) is 0 Å². The first-order chi connectivity index (χ1) is 8.07. The van der Waals surface area contributed by atoms with Gasteiger partial charge in [0.1, 0.15) is 6.54 Å². The van der Waals surface area contributed by atoms with Crippen molar-refractivity contribution in [2.45, 2.75) is 32.0 Å². The maximum absolute atomic E-state index is 12.0. The van der Waals surface area contributed by atoms with Gasteiger partial charge < -0.3 is 16.0 Å². The second kappa shape index (κ2) is 6.76. The Morgan fingerprint density at radius 3 is 2.47 bits per heavy atom. The number of nitrogens with one attached hydrogen (secondary N) is 1. The van der Waals surface area contributed by atoms with Crippen LogP contribution in [0.15, 0.2) is 0 Å². The van der Waals surface area contributed by atoms with E-state index in [1.807, 2.05) is 24.1 Å². The number of nitrogens with two attached hydrogens (primary N) is 1. The first-order valence-corrected chi connectivity index (χ1v) is 5.92. The minimum Gasteiger partial charge on any atom is -0.347 e. The van der Waals surface area contributed by atoms with Crippen molar-refractivity contribution >= 4 is 18.3 Å². The lowest BCUT2D eigenvalue weighted by molar-refractivity contribution is -0.140. The van der Waals surface area contributed by atoms with Crippen LogP contribution in [-0.4, -0.2) is 48.7 Å². The third-order valence-corrected chi connectivity index (χ3v) is 2.74. The van der Waals surface area contributed by atoms with E-state index in [4.69, 9.17) is 5.73 Å². The average Bonchev–Trinajstić information content (AvgIpc) is 2.58. The molecule has 1 fully saturated rings. The Kier molecular flexibility index (Phi) is 6.57. The smallest absolute Gasteiger partial charge is 0.347 e. The highest BCUT2D eigenvalue weighted by molar-refractivity contribution is 5.85. The van der Waals surface area contributed by atoms with Crippen LogP contribution in [0.25, 0.3) is 0 Å². The molecule has 0 radical (unpaired) electrons. The number of alkyl halides is 3. The molecule has 8 heteroatoms. The molecule has 1 rings (SSSR count). The molecule has 1 aliphatic rings. The fraction of sp³-hybridized carbons (Fsp3) is 0.909. The molecule has 1 unspecified atom stereocenters. The predicted molar refractivity (Wildman–Crippen MR) is 69.1 cm³/mol. The van der Waals surface area contributed by atoms with Gasteiger partial charge in [0.15, 0.2) is 0 Å². The van der Waals surface area contributed by atoms with Gasteiger partial charge in [0.2, 0.25) is 5.91 Å². The van der Waals surface area contributed by atoms with E-state index in [9.17, 15) is 18.0 Å². The van der Waals surface area contributed by atoms with Crippen LogP contribution < -0.4 is 11.1 Å². The van der Waals surface area contributed by atoms with E-state index >= 15 is 0 Å². The van der Waals surface area contributed by atoms with Crippen molar-refractivity contribution in [2.75, 3.05) is 26.2 Å². The van der Waals surface area contributed by atoms with Crippen LogP contribution in [0.2, 0.25) is 0 Å². The van der Waals surface area contributed by atoms with Crippen molar-refractivity contribution in [1.29, 1.82) is 0 Å². The zero-order valence-electron chi connectivity index (χ0n) is 11.1. The van der Waals surface area contributed by atoms with E-state index in [0.29, 0.717) is 26.1 Å². The van der Waals surface area contributed by atoms with Crippen LogP contribution in [-0.2, 0) is 4.79 Å². The summed E-state index contributed by atoms with van der Waals surface area (Å²) in [6, 6.07) is 0. The van der Waals surface area contributed by atoms with Crippen molar-refractivity contribution in [1.82, 2.24) is 10.2 Å². The molecule has 4 nitrogen and oxygen atoms in total. The van der Waals surface area contributed by atoms with Crippen molar-refractivity contribution in [3.05, 3.63) is 0 Å². The summed E-state index contributed by atoms with van der Waals surface area (Å²) >= 11 is 0. The Bertz CT molecular complexity index is 305. The molecule has 0 aromatic heterocycles. The Labute approximate surface area is 117 Å². The summed E-state index contributed by atoms with van der Waals surface area (Å²) < 4.78 is 35.9. The Balaban J connectivity index is 0.00000324. The summed E-state index contributed by atoms with van der Waals surface area (Å²) in [4.78, 5) is 13.5. The maximum Gasteiger partial charge on any atom is 0.405 e. The van der Waals surface area contributed by atoms with Gasteiger partial charge in [0, 0.05) is 18.6 Å². The third kappa shape index (κ3) is 7.59. The van der Waals surface area contributed by atoms with E-state index in [2.05, 4.69) is 0 Å². The second-order valence-electron chi connectivity index (χ2n) is 5.54. The lowest BCUT2D eigenvalue weighted by Crippen LogP contribution is -2.45. The molecule has 0 saturated carbocycles. The van der Waals surface area contributed by atoms with E-state index in [1.165, 1.54) is 0 Å². The number of likely N-dealkylation sites (tertiary alicyclic amines) is 1. The number of hydrogen-bond acceptors (Lipinski definition) is 3. The molecule has 1 atom stereocenters. The third-order valence-electron chi connectivity index (χ3n) is 2.74. The standard InChI is InChI=1S/C11H20F3N3O.ClH/c1-10(2,15)7-17-4-3-8(5-17)9(18)16-6-11(12,13)14;/h8H,3-7,15H2,1-2H3,(H,16,18);1H. The minimum absolute atomic E-state index is 0. The predicted octanol–water partition coefficient (Wildman–Crippen LogP) is 1.15. The van der Waals surface area contributed by atoms with Gasteiger partial charge in [0.25, 0.3) is 0 Å². The molecule has 1 amide bonds. The SMILES string of the molecule is CC(C)(N)CN1CCC(C(=O)NCC(F)(F)F)C1.Cl. The van der Waals surface area contributed by atoms with Crippen molar-refractivity contribution in [2.24, 2.45) is 11.7 Å². The van der Waals surface area contributed by atoms with E-state index in [-0.39, 0.29) is 23.9 Å². The van der Waals surface area contributed by atoms with E-state index in [1.54, 1.807) is 0 Å². The first kappa shape index (κ1) is 18.5. The molecule has 1 heterocycles. The Morgan fingerprint density at radius 2 is 2.00 bits per heavy atom. The number of rotatable bonds is 4. The summed E-state index contributed by atoms with van der Waals surface area (Å²) in [6.45, 7) is 4.31. The van der Waals surface area contributed by atoms with Gasteiger partial charge in [0.05, 0.1) is 5.92 Å². The lowest BCUT2D eigenvalue weighted by Gasteiger charge is -2.26. The molecule has 0 bridgehead atoms. The molecule has 3 N–H and O–H groups in total. The normalized spacial score (nSPS) is 21.1. The van der Waals surface area contributed by atoms with Crippen molar-refractivity contribution < 1.29 is 18.0 Å². The zero-order chi connectivity index (χ0) is 14.0. The molecule has 19 heavy (non-hydrogen) atoms. The van der Waals surface area contributed by atoms with Crippen LogP contribution in [0.5, 0.6) is 0 Å². The Hall–Kier alpha value is -0.530. The van der Waals surface area contributed by atoms with Gasteiger partial charge in [-0.15, -0.1) is 12.4 Å². The van der Waals surface area contributed by atoms with E-state index < -0.39 is 18.6 Å². The minimum atomic E-state index is -4.35. The fourth-order valence-corrected chi connectivity index (χ4v) is 2.10. The summed E-state index contributed by atoms with van der Waals surface area (Å²) in [7, 11) is 0. The number of amides is 1. The number of nitrogens with zero attached hydrogens (tertiary/aromatic N) is 1. The van der Waals surface area contributed by atoms with Gasteiger partial charge in [-0.3, -0.25) is 4.79 Å². The number of hydrogen-bond donors (Lipinski definition) is 2. The zero-order valence-corrected chi connectivity index (χ0v) is 11.9. The molecule has 1 saturated heterocycles. The lowest BCUT2D eigenvalue weighted by atomic mass is 10.1. The summed E-state index contributed by atoms with van der Waals surface area (Å²) in [5.41, 5.74) is 5.50. The summed E-state index contributed by atoms with van der Waals surface area (Å²) in [6.07, 6.45) is -3.77. The van der Waals surface area contributed by atoms with Gasteiger partial charge >= 0.3 is 6.18 Å². The molecule has 1 aliphatic heterocycles. The number of carbonyl (C=O) groups excluding carboxylic acids is 1. The molecule has 0 aliphatic carbocycles. The largest absolute Gasteiger partial charge is 0.405 e. The fourth-order valence-electron chi connectivity index (χ4n) is 2.10. The molecule has 0 aromatic carbocycles. The van der Waals surface area contributed by atoms with E-state index in [0.717, 1.165) is 0 Å². The number of carbonyl (C=O) groups is 1. The molecular formula is C11H21ClF3N3O. The van der Waals surface area contributed by atoms with Crippen LogP contribution in [0, 0.1) is 5.92 Å². The van der Waals surface area contributed by atoms with Crippen LogP contribution in [0.4, 0.5) is 13.2 Å². The highest BCUT2D eigenvalue weighted by Crippen LogP contribution is 2.19. The molecule has 0 aromatic rings. The quantitative estimate of drug-likeness (QED) is 0.819. The van der Waals surface area contributed by atoms with Crippen LogP contribution in [0.3, 0.4) is 0 Å². The monoisotopic (exact) mass is 303 g/mol. The van der Waals surface area contributed by atoms with Crippen molar-refractivity contribution in [3.8, 4) is 0 Å². The number of halogens is 4. The Morgan fingerprint density at radius 1 is 1.42 bits per heavy atom. The molecular weight excluding hydrogens is 283 g/mol. The average molecular weight is 304 g/mol. The molecule has 0 spiro atoms. The highest BCUT2D eigenvalue weighted by atomic mass is 35.5. The van der Waals surface area contributed by atoms with Gasteiger partial charge in [-0.25, -0.2) is 0 Å². The maximum atomic E-state index is 12.0. The van der Waals surface area contributed by atoms with Gasteiger partial charge in [-0.05, 0) is 26.8 Å². The second-order valence-corrected chi connectivity index (χ2v) is 5.54. The first-order valence-electron chi connectivity index (χ1n) is 5.92. The summed E-state index contributed by atoms with van der Waals surface area (Å²) in [5.74, 6) is -0.889. The molecule has 114 valence electrons. The highest BCUT2D eigenvalue weighted by Gasteiger charge is 2.33. The van der Waals surface area contributed by atoms with Gasteiger partial charge in [-0.2, -0.15) is 13.2 Å². The van der Waals surface area contributed by atoms with Crippen LogP contribution >= 0.6 is 12.4 Å². The summed E-state index contributed by atoms with van der Waals surface area (Å²) in [5, 5.41) is 1.93.